The average Bonchev–Trinajstić information content (AvgIpc) is 2.05. The van der Waals surface area contributed by atoms with Crippen LogP contribution in [0.1, 0.15) is 0 Å². The first-order valence-electron chi connectivity index (χ1n) is 3.51. The second-order valence-electron chi connectivity index (χ2n) is 2.41. The van der Waals surface area contributed by atoms with Crippen LogP contribution in [0.15, 0.2) is 30.3 Å². The van der Waals surface area contributed by atoms with Gasteiger partial charge in [0.2, 0.25) is 0 Å². The van der Waals surface area contributed by atoms with Crippen molar-refractivity contribution in [2.75, 3.05) is 0 Å². The number of benzene rings is 1. The third-order valence-electron chi connectivity index (χ3n) is 1.36. The summed E-state index contributed by atoms with van der Waals surface area (Å²) >= 11 is 0. The van der Waals surface area contributed by atoms with E-state index in [2.05, 4.69) is 0 Å². The van der Waals surface area contributed by atoms with Crippen molar-refractivity contribution < 1.29 is 17.6 Å². The molecule has 0 aliphatic heterocycles. The number of rotatable bonds is 3. The zero-order chi connectivity index (χ0) is 9.90. The highest BCUT2D eigenvalue weighted by Gasteiger charge is 2.40. The van der Waals surface area contributed by atoms with Crippen molar-refractivity contribution in [3.05, 3.63) is 30.3 Å². The second kappa shape index (κ2) is 4.05. The van der Waals surface area contributed by atoms with Crippen LogP contribution in [0.25, 0.3) is 0 Å². The Morgan fingerprint density at radius 3 is 2.08 bits per heavy atom. The molecule has 0 heterocycles. The van der Waals surface area contributed by atoms with E-state index in [9.17, 15) is 17.6 Å². The Morgan fingerprint density at radius 1 is 1.08 bits per heavy atom. The van der Waals surface area contributed by atoms with Gasteiger partial charge in [0, 0.05) is 0 Å². The molecule has 1 aromatic carbocycles. The topological polar surface area (TPSA) is 0 Å². The maximum Gasteiger partial charge on any atom is 0.324 e. The summed E-state index contributed by atoms with van der Waals surface area (Å²) in [5.41, 5.74) is -3.90. The van der Waals surface area contributed by atoms with Gasteiger partial charge in [-0.25, -0.2) is 8.78 Å². The van der Waals surface area contributed by atoms with E-state index >= 15 is 0 Å². The summed E-state index contributed by atoms with van der Waals surface area (Å²) in [6.45, 7) is 0. The molecule has 0 N–H and O–H groups in total. The van der Waals surface area contributed by atoms with Gasteiger partial charge in [-0.15, -0.1) is 0 Å². The van der Waals surface area contributed by atoms with E-state index in [1.54, 1.807) is 18.2 Å². The third-order valence-corrected chi connectivity index (χ3v) is 2.53. The molecule has 0 saturated carbocycles. The summed E-state index contributed by atoms with van der Waals surface area (Å²) in [7, 11) is -1.17. The Balaban J connectivity index is 2.69. The molecule has 13 heavy (non-hydrogen) atoms. The van der Waals surface area contributed by atoms with Gasteiger partial charge in [-0.05, 0) is 13.9 Å². The van der Waals surface area contributed by atoms with Crippen molar-refractivity contribution in [2.45, 2.75) is 12.1 Å². The van der Waals surface area contributed by atoms with Crippen LogP contribution < -0.4 is 5.30 Å². The van der Waals surface area contributed by atoms with Gasteiger partial charge in [-0.2, -0.15) is 8.78 Å². The monoisotopic (exact) mass is 210 g/mol. The van der Waals surface area contributed by atoms with E-state index in [1.807, 2.05) is 0 Å². The molecule has 1 unspecified atom stereocenters. The van der Waals surface area contributed by atoms with Gasteiger partial charge in [0.1, 0.15) is 0 Å². The maximum atomic E-state index is 12.5. The van der Waals surface area contributed by atoms with Gasteiger partial charge in [-0.1, -0.05) is 30.3 Å². The van der Waals surface area contributed by atoms with Crippen molar-refractivity contribution in [2.24, 2.45) is 0 Å². The molecule has 0 amide bonds. The lowest BCUT2D eigenvalue weighted by atomic mass is 10.4. The molecule has 0 spiro atoms. The summed E-state index contributed by atoms with van der Waals surface area (Å²) in [6.07, 6.45) is -3.59. The van der Waals surface area contributed by atoms with Gasteiger partial charge >= 0.3 is 12.1 Å². The quantitative estimate of drug-likeness (QED) is 0.531. The lowest BCUT2D eigenvalue weighted by Crippen LogP contribution is -2.22. The lowest BCUT2D eigenvalue weighted by molar-refractivity contribution is -0.0586. The summed E-state index contributed by atoms with van der Waals surface area (Å²) in [4.78, 5) is 0. The van der Waals surface area contributed by atoms with E-state index < -0.39 is 20.7 Å². The molecule has 1 atom stereocenters. The van der Waals surface area contributed by atoms with Crippen molar-refractivity contribution in [3.63, 3.8) is 0 Å². The zero-order valence-corrected chi connectivity index (χ0v) is 7.48. The SMILES string of the molecule is FC(F)C(F)(F)Pc1ccccc1. The maximum absolute atomic E-state index is 12.5. The van der Waals surface area contributed by atoms with E-state index in [0.717, 1.165) is 0 Å². The number of alkyl halides is 4. The lowest BCUT2D eigenvalue weighted by Gasteiger charge is -2.14. The Hall–Kier alpha value is -0.630. The fraction of sp³-hybridized carbons (Fsp3) is 0.250. The molecule has 1 rings (SSSR count). The van der Waals surface area contributed by atoms with E-state index in [-0.39, 0.29) is 5.30 Å². The highest BCUT2D eigenvalue weighted by atomic mass is 31.1. The Morgan fingerprint density at radius 2 is 1.62 bits per heavy atom. The van der Waals surface area contributed by atoms with Gasteiger partial charge in [0.15, 0.2) is 0 Å². The molecule has 0 saturated heterocycles. The van der Waals surface area contributed by atoms with Crippen molar-refractivity contribution in [1.29, 1.82) is 0 Å². The highest BCUT2D eigenvalue weighted by molar-refractivity contribution is 7.48. The largest absolute Gasteiger partial charge is 0.324 e. The summed E-state index contributed by atoms with van der Waals surface area (Å²) in [5.74, 6) is 0. The Labute approximate surface area is 74.7 Å². The molecule has 0 fully saturated rings. The molecule has 0 radical (unpaired) electrons. The van der Waals surface area contributed by atoms with Crippen molar-refractivity contribution in [3.8, 4) is 0 Å². The first-order chi connectivity index (χ1) is 6.02. The number of halogens is 4. The second-order valence-corrected chi connectivity index (χ2v) is 3.91. The van der Waals surface area contributed by atoms with Gasteiger partial charge < -0.3 is 0 Å². The molecule has 0 aliphatic rings. The predicted octanol–water partition coefficient (Wildman–Crippen LogP) is 2.85. The van der Waals surface area contributed by atoms with E-state index in [0.29, 0.717) is 0 Å². The first-order valence-corrected chi connectivity index (χ1v) is 4.51. The Kier molecular flexibility index (Phi) is 3.26. The fourth-order valence-electron chi connectivity index (χ4n) is 0.768. The molecule has 0 aromatic heterocycles. The fourth-order valence-corrected chi connectivity index (χ4v) is 1.62. The van der Waals surface area contributed by atoms with Crippen LogP contribution in [-0.4, -0.2) is 12.1 Å². The summed E-state index contributed by atoms with van der Waals surface area (Å²) in [6, 6.07) is 7.56. The summed E-state index contributed by atoms with van der Waals surface area (Å²) < 4.78 is 48.5. The standard InChI is InChI=1S/C8H7F4P/c9-7(10)8(11,12)13-6-4-2-1-3-5-6/h1-5,7,13H. The van der Waals surface area contributed by atoms with Gasteiger partial charge in [0.25, 0.3) is 0 Å². The minimum atomic E-state index is -3.90. The van der Waals surface area contributed by atoms with E-state index in [1.165, 1.54) is 12.1 Å². The van der Waals surface area contributed by atoms with Crippen molar-refractivity contribution >= 4 is 13.9 Å². The molecule has 0 aliphatic carbocycles. The molecular formula is C8H7F4P. The Bertz CT molecular complexity index is 260. The van der Waals surface area contributed by atoms with Crippen molar-refractivity contribution in [1.82, 2.24) is 0 Å². The minimum absolute atomic E-state index is 0.243. The average molecular weight is 210 g/mol. The number of hydrogen-bond donors (Lipinski definition) is 0. The number of hydrogen-bond acceptors (Lipinski definition) is 0. The van der Waals surface area contributed by atoms with Gasteiger partial charge in [0.05, 0.1) is 0 Å². The van der Waals surface area contributed by atoms with Crippen LogP contribution in [0, 0.1) is 0 Å². The van der Waals surface area contributed by atoms with E-state index in [4.69, 9.17) is 0 Å². The van der Waals surface area contributed by atoms with Crippen LogP contribution in [0.4, 0.5) is 17.6 Å². The van der Waals surface area contributed by atoms with Crippen LogP contribution in [0.5, 0.6) is 0 Å². The van der Waals surface area contributed by atoms with Crippen LogP contribution in [0.3, 0.4) is 0 Å². The first kappa shape index (κ1) is 10.5. The molecule has 72 valence electrons. The smallest absolute Gasteiger partial charge is 0.203 e. The van der Waals surface area contributed by atoms with Crippen LogP contribution in [-0.2, 0) is 0 Å². The third kappa shape index (κ3) is 2.96. The zero-order valence-electron chi connectivity index (χ0n) is 6.48. The highest BCUT2D eigenvalue weighted by Crippen LogP contribution is 2.39. The van der Waals surface area contributed by atoms with Crippen LogP contribution >= 0.6 is 8.58 Å². The molecule has 5 heteroatoms. The minimum Gasteiger partial charge on any atom is -0.203 e. The molecule has 0 bridgehead atoms. The molecule has 1 aromatic rings. The predicted molar refractivity (Wildman–Crippen MR) is 45.3 cm³/mol. The molecule has 0 nitrogen and oxygen atoms in total. The normalized spacial score (nSPS) is 13.0. The van der Waals surface area contributed by atoms with Crippen LogP contribution in [0.2, 0.25) is 0 Å². The summed E-state index contributed by atoms with van der Waals surface area (Å²) in [5, 5.41) is 0.243. The van der Waals surface area contributed by atoms with Gasteiger partial charge in [-0.3, -0.25) is 0 Å². The molecular weight excluding hydrogens is 203 g/mol.